The van der Waals surface area contributed by atoms with E-state index in [1.54, 1.807) is 26.0 Å². The molecule has 10 heteroatoms. The number of amides is 2. The molecule has 0 atom stereocenters. The lowest BCUT2D eigenvalue weighted by molar-refractivity contribution is -0.137. The predicted octanol–water partition coefficient (Wildman–Crippen LogP) is 3.14. The number of rotatable bonds is 8. The highest BCUT2D eigenvalue weighted by Crippen LogP contribution is 2.29. The predicted molar refractivity (Wildman–Crippen MR) is 108 cm³/mol. The van der Waals surface area contributed by atoms with Gasteiger partial charge >= 0.3 is 12.2 Å². The molecule has 0 aliphatic heterocycles. The van der Waals surface area contributed by atoms with E-state index >= 15 is 0 Å². The first kappa shape index (κ1) is 23.7. The number of hydrogen-bond donors (Lipinski definition) is 3. The Morgan fingerprint density at radius 2 is 1.57 bits per heavy atom. The number of carbonyl (C=O) groups is 1. The van der Waals surface area contributed by atoms with Crippen LogP contribution in [0, 0.1) is 13.8 Å². The van der Waals surface area contributed by atoms with Crippen molar-refractivity contribution >= 4 is 16.1 Å². The summed E-state index contributed by atoms with van der Waals surface area (Å²) in [6, 6.07) is 9.37. The molecule has 6 nitrogen and oxygen atoms in total. The normalized spacial score (nSPS) is 11.9. The Kier molecular flexibility index (Phi) is 7.85. The fraction of sp³-hybridized carbons (Fsp3) is 0.350. The van der Waals surface area contributed by atoms with Crippen molar-refractivity contribution in [3.05, 3.63) is 64.7 Å². The van der Waals surface area contributed by atoms with Gasteiger partial charge in [-0.05, 0) is 55.2 Å². The van der Waals surface area contributed by atoms with Gasteiger partial charge in [0.15, 0.2) is 0 Å². The van der Waals surface area contributed by atoms with E-state index in [4.69, 9.17) is 0 Å². The Balaban J connectivity index is 1.71. The molecule has 164 valence electrons. The molecule has 0 spiro atoms. The number of carbonyl (C=O) groups excluding carboxylic acids is 1. The third kappa shape index (κ3) is 7.03. The maximum atomic E-state index is 12.5. The average molecular weight is 443 g/mol. The zero-order chi connectivity index (χ0) is 22.4. The van der Waals surface area contributed by atoms with Gasteiger partial charge in [-0.3, -0.25) is 0 Å². The van der Waals surface area contributed by atoms with E-state index in [1.807, 2.05) is 6.07 Å². The van der Waals surface area contributed by atoms with Crippen molar-refractivity contribution in [3.8, 4) is 0 Å². The molecule has 0 unspecified atom stereocenters. The number of alkyl halides is 3. The topological polar surface area (TPSA) is 87.3 Å². The summed E-state index contributed by atoms with van der Waals surface area (Å²) >= 11 is 0. The fourth-order valence-corrected chi connectivity index (χ4v) is 4.04. The molecule has 0 aromatic heterocycles. The summed E-state index contributed by atoms with van der Waals surface area (Å²) in [5.41, 5.74) is 1.39. The Morgan fingerprint density at radius 1 is 0.933 bits per heavy atom. The second kappa shape index (κ2) is 9.94. The van der Waals surface area contributed by atoms with Gasteiger partial charge in [-0.1, -0.05) is 24.3 Å². The van der Waals surface area contributed by atoms with E-state index in [-0.39, 0.29) is 24.5 Å². The van der Waals surface area contributed by atoms with E-state index in [0.717, 1.165) is 17.7 Å². The van der Waals surface area contributed by atoms with Crippen LogP contribution in [0.5, 0.6) is 0 Å². The maximum Gasteiger partial charge on any atom is 0.416 e. The minimum absolute atomic E-state index is 0.0159. The number of benzene rings is 2. The molecule has 0 heterocycles. The van der Waals surface area contributed by atoms with E-state index < -0.39 is 27.8 Å². The largest absolute Gasteiger partial charge is 0.416 e. The lowest BCUT2D eigenvalue weighted by Crippen LogP contribution is -2.41. The highest BCUT2D eigenvalue weighted by molar-refractivity contribution is 7.89. The van der Waals surface area contributed by atoms with Crippen LogP contribution in [0.4, 0.5) is 18.0 Å². The van der Waals surface area contributed by atoms with Crippen LogP contribution in [0.25, 0.3) is 0 Å². The van der Waals surface area contributed by atoms with Crippen LogP contribution >= 0.6 is 0 Å². The fourth-order valence-electron chi connectivity index (χ4n) is 2.68. The molecule has 30 heavy (non-hydrogen) atoms. The summed E-state index contributed by atoms with van der Waals surface area (Å²) in [5.74, 6) is 0. The molecule has 2 aromatic carbocycles. The van der Waals surface area contributed by atoms with Gasteiger partial charge in [0.25, 0.3) is 0 Å². The zero-order valence-corrected chi connectivity index (χ0v) is 17.5. The van der Waals surface area contributed by atoms with Gasteiger partial charge in [-0.15, -0.1) is 0 Å². The molecule has 2 amide bonds. The molecular weight excluding hydrogens is 419 g/mol. The summed E-state index contributed by atoms with van der Waals surface area (Å²) in [4.78, 5) is 12.0. The maximum absolute atomic E-state index is 12.5. The van der Waals surface area contributed by atoms with Crippen molar-refractivity contribution in [1.29, 1.82) is 0 Å². The molecule has 0 bridgehead atoms. The second-order valence-corrected chi connectivity index (χ2v) is 8.53. The number of urea groups is 1. The lowest BCUT2D eigenvalue weighted by Gasteiger charge is -2.11. The van der Waals surface area contributed by atoms with Crippen LogP contribution in [0.3, 0.4) is 0 Å². The molecule has 0 aliphatic rings. The van der Waals surface area contributed by atoms with Crippen molar-refractivity contribution in [1.82, 2.24) is 15.4 Å². The molecular formula is C20H24F3N3O3S. The number of hydrogen-bond acceptors (Lipinski definition) is 3. The summed E-state index contributed by atoms with van der Waals surface area (Å²) in [5, 5.41) is 5.09. The molecule has 0 saturated heterocycles. The third-order valence-corrected chi connectivity index (χ3v) is 5.92. The summed E-state index contributed by atoms with van der Waals surface area (Å²) < 4.78 is 64.7. The SMILES string of the molecule is Cc1ccc(C)c(S(=O)(=O)NCCNC(=O)NCCc2ccc(C(F)(F)F)cc2)c1. The standard InChI is InChI=1S/C20H24F3N3O3S/c1-14-3-4-15(2)18(13-14)30(28,29)26-12-11-25-19(27)24-10-9-16-5-7-17(8-6-16)20(21,22)23/h3-8,13,26H,9-12H2,1-2H3,(H2,24,25,27). The number of aryl methyl sites for hydroxylation is 2. The third-order valence-electron chi connectivity index (χ3n) is 4.32. The van der Waals surface area contributed by atoms with Crippen molar-refractivity contribution in [2.24, 2.45) is 0 Å². The molecule has 0 fully saturated rings. The first-order valence-corrected chi connectivity index (χ1v) is 10.7. The summed E-state index contributed by atoms with van der Waals surface area (Å²) in [6.45, 7) is 3.83. The average Bonchev–Trinajstić information content (AvgIpc) is 2.67. The van der Waals surface area contributed by atoms with Crippen molar-refractivity contribution in [3.63, 3.8) is 0 Å². The van der Waals surface area contributed by atoms with Gasteiger partial charge in [0.05, 0.1) is 10.5 Å². The molecule has 2 aromatic rings. The van der Waals surface area contributed by atoms with Crippen molar-refractivity contribution < 1.29 is 26.4 Å². The Hall–Kier alpha value is -2.59. The quantitative estimate of drug-likeness (QED) is 0.548. The number of nitrogens with one attached hydrogen (secondary N) is 3. The number of halogens is 3. The van der Waals surface area contributed by atoms with Crippen LogP contribution in [0.2, 0.25) is 0 Å². The van der Waals surface area contributed by atoms with E-state index in [9.17, 15) is 26.4 Å². The summed E-state index contributed by atoms with van der Waals surface area (Å²) in [7, 11) is -3.68. The van der Waals surface area contributed by atoms with Crippen LogP contribution in [-0.2, 0) is 22.6 Å². The van der Waals surface area contributed by atoms with E-state index in [0.29, 0.717) is 17.5 Å². The molecule has 0 saturated carbocycles. The van der Waals surface area contributed by atoms with Gasteiger partial charge in [0.2, 0.25) is 10.0 Å². The van der Waals surface area contributed by atoms with Gasteiger partial charge in [-0.2, -0.15) is 13.2 Å². The number of sulfonamides is 1. The zero-order valence-electron chi connectivity index (χ0n) is 16.6. The Labute approximate surface area is 173 Å². The first-order chi connectivity index (χ1) is 14.0. The van der Waals surface area contributed by atoms with Crippen molar-refractivity contribution in [2.75, 3.05) is 19.6 Å². The minimum atomic E-state index is -4.38. The van der Waals surface area contributed by atoms with Crippen LogP contribution in [-0.4, -0.2) is 34.1 Å². The monoisotopic (exact) mass is 443 g/mol. The first-order valence-electron chi connectivity index (χ1n) is 9.24. The summed E-state index contributed by atoms with van der Waals surface area (Å²) in [6.07, 6.45) is -4.01. The van der Waals surface area contributed by atoms with Crippen LogP contribution in [0.15, 0.2) is 47.4 Å². The molecule has 3 N–H and O–H groups in total. The second-order valence-electron chi connectivity index (χ2n) is 6.79. The van der Waals surface area contributed by atoms with Crippen LogP contribution < -0.4 is 15.4 Å². The lowest BCUT2D eigenvalue weighted by atomic mass is 10.1. The Morgan fingerprint density at radius 3 is 2.20 bits per heavy atom. The van der Waals surface area contributed by atoms with Gasteiger partial charge < -0.3 is 10.6 Å². The van der Waals surface area contributed by atoms with Crippen molar-refractivity contribution in [2.45, 2.75) is 31.3 Å². The minimum Gasteiger partial charge on any atom is -0.338 e. The highest BCUT2D eigenvalue weighted by Gasteiger charge is 2.29. The highest BCUT2D eigenvalue weighted by atomic mass is 32.2. The Bertz CT molecular complexity index is 975. The van der Waals surface area contributed by atoms with Crippen LogP contribution in [0.1, 0.15) is 22.3 Å². The van der Waals surface area contributed by atoms with Gasteiger partial charge in [0, 0.05) is 19.6 Å². The molecule has 0 radical (unpaired) electrons. The van der Waals surface area contributed by atoms with Gasteiger partial charge in [-0.25, -0.2) is 17.9 Å². The van der Waals surface area contributed by atoms with Gasteiger partial charge in [0.1, 0.15) is 0 Å². The molecule has 2 rings (SSSR count). The van der Waals surface area contributed by atoms with E-state index in [1.165, 1.54) is 12.1 Å². The van der Waals surface area contributed by atoms with E-state index in [2.05, 4.69) is 15.4 Å². The molecule has 0 aliphatic carbocycles. The smallest absolute Gasteiger partial charge is 0.338 e.